The van der Waals surface area contributed by atoms with E-state index in [1.54, 1.807) is 24.3 Å². The van der Waals surface area contributed by atoms with Gasteiger partial charge in [-0.1, -0.05) is 0 Å². The van der Waals surface area contributed by atoms with Gasteiger partial charge in [0.1, 0.15) is 0 Å². The van der Waals surface area contributed by atoms with Gasteiger partial charge in [-0.3, -0.25) is 4.79 Å². The van der Waals surface area contributed by atoms with Crippen LogP contribution in [-0.4, -0.2) is 17.9 Å². The molecule has 0 radical (unpaired) electrons. The van der Waals surface area contributed by atoms with Crippen molar-refractivity contribution in [3.8, 4) is 0 Å². The van der Waals surface area contributed by atoms with E-state index < -0.39 is 5.91 Å². The summed E-state index contributed by atoms with van der Waals surface area (Å²) in [5.41, 5.74) is 12.1. The predicted octanol–water partition coefficient (Wildman–Crippen LogP) is 0.674. The molecular weight excluding hydrogens is 204 g/mol. The lowest BCUT2D eigenvalue weighted by molar-refractivity contribution is 0.100. The zero-order chi connectivity index (χ0) is 11.5. The van der Waals surface area contributed by atoms with E-state index in [0.29, 0.717) is 17.6 Å². The number of benzene rings is 1. The number of guanidine groups is 1. The zero-order valence-corrected chi connectivity index (χ0v) is 8.81. The van der Waals surface area contributed by atoms with Crippen LogP contribution in [0.15, 0.2) is 29.3 Å². The summed E-state index contributed by atoms with van der Waals surface area (Å²) in [5, 5.41) is 2.96. The van der Waals surface area contributed by atoms with Gasteiger partial charge in [-0.05, 0) is 37.1 Å². The van der Waals surface area contributed by atoms with Crippen molar-refractivity contribution in [3.05, 3.63) is 29.8 Å². The van der Waals surface area contributed by atoms with Crippen molar-refractivity contribution in [2.45, 2.75) is 18.9 Å². The Labute approximate surface area is 93.5 Å². The summed E-state index contributed by atoms with van der Waals surface area (Å²) in [7, 11) is 0. The molecule has 1 amide bonds. The van der Waals surface area contributed by atoms with Gasteiger partial charge in [-0.15, -0.1) is 0 Å². The van der Waals surface area contributed by atoms with Crippen LogP contribution in [0.25, 0.3) is 0 Å². The molecule has 1 saturated carbocycles. The van der Waals surface area contributed by atoms with Crippen molar-refractivity contribution in [1.82, 2.24) is 0 Å². The molecule has 0 bridgehead atoms. The van der Waals surface area contributed by atoms with Crippen LogP contribution in [0.4, 0.5) is 5.69 Å². The number of rotatable bonds is 3. The molecule has 0 saturated heterocycles. The van der Waals surface area contributed by atoms with Gasteiger partial charge < -0.3 is 16.8 Å². The van der Waals surface area contributed by atoms with E-state index >= 15 is 0 Å². The molecule has 0 unspecified atom stereocenters. The predicted molar refractivity (Wildman–Crippen MR) is 63.2 cm³/mol. The molecule has 1 aromatic rings. The van der Waals surface area contributed by atoms with E-state index in [4.69, 9.17) is 11.5 Å². The minimum atomic E-state index is -0.439. The number of nitrogens with zero attached hydrogens (tertiary/aromatic N) is 1. The van der Waals surface area contributed by atoms with Gasteiger partial charge in [0.05, 0.1) is 6.04 Å². The second-order valence-electron chi connectivity index (χ2n) is 3.81. The van der Waals surface area contributed by atoms with Crippen molar-refractivity contribution in [3.63, 3.8) is 0 Å². The van der Waals surface area contributed by atoms with Crippen LogP contribution in [0.5, 0.6) is 0 Å². The van der Waals surface area contributed by atoms with Gasteiger partial charge in [0, 0.05) is 11.3 Å². The number of nitrogens with two attached hydrogens (primary N) is 2. The van der Waals surface area contributed by atoms with Crippen molar-refractivity contribution < 1.29 is 4.79 Å². The third kappa shape index (κ3) is 2.73. The molecule has 84 valence electrons. The second kappa shape index (κ2) is 4.22. The van der Waals surface area contributed by atoms with Gasteiger partial charge in [0.25, 0.3) is 0 Å². The number of carbonyl (C=O) groups is 1. The monoisotopic (exact) mass is 218 g/mol. The first kappa shape index (κ1) is 10.5. The molecule has 1 aliphatic rings. The number of hydrogen-bond acceptors (Lipinski definition) is 2. The molecule has 0 heterocycles. The summed E-state index contributed by atoms with van der Waals surface area (Å²) in [6.45, 7) is 0. The van der Waals surface area contributed by atoms with E-state index in [2.05, 4.69) is 10.3 Å². The second-order valence-corrected chi connectivity index (χ2v) is 3.81. The maximum Gasteiger partial charge on any atom is 0.248 e. The minimum absolute atomic E-state index is 0.386. The van der Waals surface area contributed by atoms with Crippen LogP contribution in [0.2, 0.25) is 0 Å². The topological polar surface area (TPSA) is 93.5 Å². The van der Waals surface area contributed by atoms with Crippen molar-refractivity contribution in [2.24, 2.45) is 16.5 Å². The molecule has 0 aliphatic heterocycles. The molecule has 0 spiro atoms. The number of carbonyl (C=O) groups excluding carboxylic acids is 1. The Morgan fingerprint density at radius 2 is 1.88 bits per heavy atom. The smallest absolute Gasteiger partial charge is 0.248 e. The van der Waals surface area contributed by atoms with Crippen LogP contribution < -0.4 is 16.8 Å². The highest BCUT2D eigenvalue weighted by Gasteiger charge is 2.20. The van der Waals surface area contributed by atoms with E-state index in [-0.39, 0.29) is 0 Å². The third-order valence-corrected chi connectivity index (χ3v) is 2.31. The van der Waals surface area contributed by atoms with Crippen molar-refractivity contribution in [2.75, 3.05) is 5.32 Å². The van der Waals surface area contributed by atoms with E-state index in [9.17, 15) is 4.79 Å². The summed E-state index contributed by atoms with van der Waals surface area (Å²) in [4.78, 5) is 15.1. The zero-order valence-electron chi connectivity index (χ0n) is 8.81. The van der Waals surface area contributed by atoms with Gasteiger partial charge in [0.15, 0.2) is 5.96 Å². The van der Waals surface area contributed by atoms with Gasteiger partial charge in [0.2, 0.25) is 5.91 Å². The number of amides is 1. The highest BCUT2D eigenvalue weighted by molar-refractivity contribution is 5.95. The molecular formula is C11H14N4O. The quantitative estimate of drug-likeness (QED) is 0.514. The molecule has 5 N–H and O–H groups in total. The Hall–Kier alpha value is -2.04. The maximum atomic E-state index is 10.8. The highest BCUT2D eigenvalue weighted by Crippen LogP contribution is 2.23. The minimum Gasteiger partial charge on any atom is -0.370 e. The van der Waals surface area contributed by atoms with Gasteiger partial charge >= 0.3 is 0 Å². The molecule has 0 aromatic heterocycles. The Kier molecular flexibility index (Phi) is 2.76. The fourth-order valence-corrected chi connectivity index (χ4v) is 1.30. The third-order valence-electron chi connectivity index (χ3n) is 2.31. The molecule has 1 aliphatic carbocycles. The summed E-state index contributed by atoms with van der Waals surface area (Å²) >= 11 is 0. The highest BCUT2D eigenvalue weighted by atomic mass is 16.1. The largest absolute Gasteiger partial charge is 0.370 e. The summed E-state index contributed by atoms with van der Waals surface area (Å²) < 4.78 is 0. The number of primary amides is 1. The van der Waals surface area contributed by atoms with Crippen LogP contribution in [0, 0.1) is 0 Å². The molecule has 16 heavy (non-hydrogen) atoms. The standard InChI is InChI=1S/C11H14N4O/c12-10(16)7-1-3-8(4-2-7)14-11(13)15-9-5-6-9/h1-4,9H,5-6H2,(H2,12,16)(H3,13,14,15). The lowest BCUT2D eigenvalue weighted by Crippen LogP contribution is -2.23. The van der Waals surface area contributed by atoms with E-state index in [0.717, 1.165) is 18.5 Å². The average Bonchev–Trinajstić information content (AvgIpc) is 3.02. The van der Waals surface area contributed by atoms with Crippen molar-refractivity contribution in [1.29, 1.82) is 0 Å². The Morgan fingerprint density at radius 3 is 2.38 bits per heavy atom. The van der Waals surface area contributed by atoms with E-state index in [1.165, 1.54) is 0 Å². The first-order chi connectivity index (χ1) is 7.65. The summed E-state index contributed by atoms with van der Waals surface area (Å²) in [5.74, 6) is -0.0273. The van der Waals surface area contributed by atoms with Crippen LogP contribution in [0.3, 0.4) is 0 Å². The number of anilines is 1. The number of nitrogens with one attached hydrogen (secondary N) is 1. The number of hydrogen-bond donors (Lipinski definition) is 3. The fraction of sp³-hybridized carbons (Fsp3) is 0.273. The Bertz CT molecular complexity index is 420. The lowest BCUT2D eigenvalue weighted by Gasteiger charge is -2.05. The molecule has 2 rings (SSSR count). The molecule has 5 heteroatoms. The molecule has 1 aromatic carbocycles. The van der Waals surface area contributed by atoms with Gasteiger partial charge in [-0.25, -0.2) is 4.99 Å². The molecule has 5 nitrogen and oxygen atoms in total. The SMILES string of the molecule is NC(=O)c1ccc(NC(N)=NC2CC2)cc1. The summed E-state index contributed by atoms with van der Waals surface area (Å²) in [6, 6.07) is 7.17. The van der Waals surface area contributed by atoms with E-state index in [1.807, 2.05) is 0 Å². The van der Waals surface area contributed by atoms with Gasteiger partial charge in [-0.2, -0.15) is 0 Å². The molecule has 0 atom stereocenters. The number of aliphatic imine (C=N–C) groups is 1. The van der Waals surface area contributed by atoms with Crippen LogP contribution >= 0.6 is 0 Å². The van der Waals surface area contributed by atoms with Crippen LogP contribution in [0.1, 0.15) is 23.2 Å². The normalized spacial score (nSPS) is 15.9. The molecule has 1 fully saturated rings. The van der Waals surface area contributed by atoms with Crippen LogP contribution in [-0.2, 0) is 0 Å². The maximum absolute atomic E-state index is 10.8. The van der Waals surface area contributed by atoms with Crippen molar-refractivity contribution >= 4 is 17.6 Å². The Morgan fingerprint density at radius 1 is 1.25 bits per heavy atom. The Balaban J connectivity index is 2.01. The summed E-state index contributed by atoms with van der Waals surface area (Å²) in [6.07, 6.45) is 2.23. The first-order valence-corrected chi connectivity index (χ1v) is 5.15. The average molecular weight is 218 g/mol. The lowest BCUT2D eigenvalue weighted by atomic mass is 10.2. The first-order valence-electron chi connectivity index (χ1n) is 5.15. The fourth-order valence-electron chi connectivity index (χ4n) is 1.30.